The van der Waals surface area contributed by atoms with Gasteiger partial charge >= 0.3 is 0 Å². The van der Waals surface area contributed by atoms with Crippen LogP contribution in [0.4, 0.5) is 0 Å². The van der Waals surface area contributed by atoms with Crippen LogP contribution in [0.25, 0.3) is 0 Å². The van der Waals surface area contributed by atoms with Crippen LogP contribution in [0.1, 0.15) is 24.1 Å². The summed E-state index contributed by atoms with van der Waals surface area (Å²) in [6.07, 6.45) is 0. The van der Waals surface area contributed by atoms with Gasteiger partial charge in [0.15, 0.2) is 0 Å². The Morgan fingerprint density at radius 3 is 2.55 bits per heavy atom. The summed E-state index contributed by atoms with van der Waals surface area (Å²) in [6, 6.07) is 13.7. The Morgan fingerprint density at radius 2 is 1.85 bits per heavy atom. The molecular weight excluding hydrogens is 293 g/mol. The van der Waals surface area contributed by atoms with Crippen molar-refractivity contribution in [2.24, 2.45) is 0 Å². The summed E-state index contributed by atoms with van der Waals surface area (Å²) in [4.78, 5) is 0. The van der Waals surface area contributed by atoms with Crippen LogP contribution in [0, 0.1) is 0 Å². The first-order chi connectivity index (χ1) is 9.60. The van der Waals surface area contributed by atoms with E-state index < -0.39 is 0 Å². The zero-order valence-electron chi connectivity index (χ0n) is 11.5. The molecule has 0 saturated heterocycles. The monoisotopic (exact) mass is 309 g/mol. The topological polar surface area (TPSA) is 21.3 Å². The van der Waals surface area contributed by atoms with E-state index in [9.17, 15) is 0 Å². The molecule has 0 aliphatic rings. The molecule has 0 bridgehead atoms. The lowest BCUT2D eigenvalue weighted by Gasteiger charge is -2.16. The zero-order chi connectivity index (χ0) is 14.5. The summed E-state index contributed by atoms with van der Waals surface area (Å²) < 4.78 is 5.34. The van der Waals surface area contributed by atoms with Gasteiger partial charge in [0.25, 0.3) is 0 Å². The molecule has 0 spiro atoms. The molecule has 20 heavy (non-hydrogen) atoms. The minimum Gasteiger partial charge on any atom is -0.496 e. The summed E-state index contributed by atoms with van der Waals surface area (Å²) in [7, 11) is 1.66. The highest BCUT2D eigenvalue weighted by Crippen LogP contribution is 2.24. The molecule has 2 nitrogen and oxygen atoms in total. The van der Waals surface area contributed by atoms with Crippen LogP contribution in [0.5, 0.6) is 5.75 Å². The smallest absolute Gasteiger partial charge is 0.123 e. The first-order valence-electron chi connectivity index (χ1n) is 6.41. The van der Waals surface area contributed by atoms with Gasteiger partial charge in [-0.2, -0.15) is 0 Å². The Morgan fingerprint density at radius 1 is 1.10 bits per heavy atom. The van der Waals surface area contributed by atoms with E-state index >= 15 is 0 Å². The third kappa shape index (κ3) is 3.89. The van der Waals surface area contributed by atoms with E-state index in [0.717, 1.165) is 21.9 Å². The molecule has 0 unspecified atom stereocenters. The largest absolute Gasteiger partial charge is 0.496 e. The molecule has 2 rings (SSSR count). The average Bonchev–Trinajstić information content (AvgIpc) is 2.45. The van der Waals surface area contributed by atoms with Crippen LogP contribution < -0.4 is 10.1 Å². The molecule has 0 heterocycles. The van der Waals surface area contributed by atoms with Crippen LogP contribution in [0.15, 0.2) is 42.5 Å². The molecule has 0 aromatic heterocycles. The van der Waals surface area contributed by atoms with Crippen LogP contribution >= 0.6 is 23.2 Å². The number of hydrogen-bond acceptors (Lipinski definition) is 2. The van der Waals surface area contributed by atoms with Gasteiger partial charge in [0.2, 0.25) is 0 Å². The number of methoxy groups -OCH3 is 1. The predicted molar refractivity (Wildman–Crippen MR) is 84.7 cm³/mol. The fourth-order valence-corrected chi connectivity index (χ4v) is 2.44. The molecule has 2 aromatic rings. The molecule has 0 aliphatic heterocycles. The Labute approximate surface area is 129 Å². The first-order valence-corrected chi connectivity index (χ1v) is 7.17. The average molecular weight is 310 g/mol. The normalized spacial score (nSPS) is 12.2. The molecule has 2 aromatic carbocycles. The molecule has 0 aliphatic carbocycles. The van der Waals surface area contributed by atoms with Gasteiger partial charge < -0.3 is 10.1 Å². The predicted octanol–water partition coefficient (Wildman–Crippen LogP) is 4.85. The van der Waals surface area contributed by atoms with E-state index in [1.807, 2.05) is 36.4 Å². The summed E-state index contributed by atoms with van der Waals surface area (Å²) in [6.45, 7) is 2.78. The number of hydrogen-bond donors (Lipinski definition) is 1. The summed E-state index contributed by atoms with van der Waals surface area (Å²) in [5.41, 5.74) is 2.19. The third-order valence-corrected chi connectivity index (χ3v) is 3.66. The molecule has 1 atom stereocenters. The molecule has 1 N–H and O–H groups in total. The van der Waals surface area contributed by atoms with Crippen LogP contribution in [-0.2, 0) is 6.54 Å². The second-order valence-corrected chi connectivity index (χ2v) is 5.49. The SMILES string of the molecule is COc1ccc(Cl)cc1CN[C@@H](C)c1cccc(Cl)c1. The van der Waals surface area contributed by atoms with Crippen molar-refractivity contribution < 1.29 is 4.74 Å². The van der Waals surface area contributed by atoms with Crippen molar-refractivity contribution in [2.45, 2.75) is 19.5 Å². The van der Waals surface area contributed by atoms with E-state index in [-0.39, 0.29) is 6.04 Å². The highest BCUT2D eigenvalue weighted by atomic mass is 35.5. The first kappa shape index (κ1) is 15.2. The second-order valence-electron chi connectivity index (χ2n) is 4.61. The molecule has 0 amide bonds. The summed E-state index contributed by atoms with van der Waals surface area (Å²) >= 11 is 12.0. The number of rotatable bonds is 5. The van der Waals surface area contributed by atoms with E-state index in [1.165, 1.54) is 0 Å². The van der Waals surface area contributed by atoms with Crippen molar-refractivity contribution in [3.05, 3.63) is 63.6 Å². The van der Waals surface area contributed by atoms with E-state index in [4.69, 9.17) is 27.9 Å². The van der Waals surface area contributed by atoms with Gasteiger partial charge in [-0.25, -0.2) is 0 Å². The third-order valence-electron chi connectivity index (χ3n) is 3.19. The Bertz CT molecular complexity index is 586. The van der Waals surface area contributed by atoms with Crippen molar-refractivity contribution >= 4 is 23.2 Å². The Hall–Kier alpha value is -1.22. The number of nitrogens with one attached hydrogen (secondary N) is 1. The van der Waals surface area contributed by atoms with Gasteiger partial charge in [-0.3, -0.25) is 0 Å². The van der Waals surface area contributed by atoms with Crippen LogP contribution in [0.2, 0.25) is 10.0 Å². The van der Waals surface area contributed by atoms with Gasteiger partial charge in [-0.05, 0) is 42.8 Å². The molecular formula is C16H17Cl2NO. The van der Waals surface area contributed by atoms with E-state index in [2.05, 4.69) is 18.3 Å². The molecule has 0 fully saturated rings. The molecule has 0 saturated carbocycles. The van der Waals surface area contributed by atoms with Gasteiger partial charge in [-0.15, -0.1) is 0 Å². The Kier molecular flexibility index (Phi) is 5.30. The minimum absolute atomic E-state index is 0.192. The maximum absolute atomic E-state index is 6.03. The minimum atomic E-state index is 0.192. The number of benzene rings is 2. The van der Waals surface area contributed by atoms with Crippen molar-refractivity contribution in [3.63, 3.8) is 0 Å². The molecule has 4 heteroatoms. The van der Waals surface area contributed by atoms with Gasteiger partial charge in [0, 0.05) is 28.2 Å². The van der Waals surface area contributed by atoms with E-state index in [1.54, 1.807) is 7.11 Å². The van der Waals surface area contributed by atoms with Crippen molar-refractivity contribution in [1.82, 2.24) is 5.32 Å². The van der Waals surface area contributed by atoms with E-state index in [0.29, 0.717) is 11.6 Å². The maximum Gasteiger partial charge on any atom is 0.123 e. The lowest BCUT2D eigenvalue weighted by molar-refractivity contribution is 0.406. The van der Waals surface area contributed by atoms with Crippen LogP contribution in [-0.4, -0.2) is 7.11 Å². The van der Waals surface area contributed by atoms with Gasteiger partial charge in [-0.1, -0.05) is 35.3 Å². The zero-order valence-corrected chi connectivity index (χ0v) is 13.0. The number of halogens is 2. The van der Waals surface area contributed by atoms with Gasteiger partial charge in [0.05, 0.1) is 7.11 Å². The summed E-state index contributed by atoms with van der Waals surface area (Å²) in [5.74, 6) is 0.834. The fraction of sp³-hybridized carbons (Fsp3) is 0.250. The standard InChI is InChI=1S/C16H17Cl2NO/c1-11(12-4-3-5-14(17)8-12)19-10-13-9-15(18)6-7-16(13)20-2/h3-9,11,19H,10H2,1-2H3/t11-/m0/s1. The lowest BCUT2D eigenvalue weighted by Crippen LogP contribution is -2.18. The Balaban J connectivity index is 2.06. The second kappa shape index (κ2) is 6.98. The maximum atomic E-state index is 6.03. The number of ether oxygens (including phenoxy) is 1. The van der Waals surface area contributed by atoms with Crippen molar-refractivity contribution in [3.8, 4) is 5.75 Å². The molecule has 106 valence electrons. The lowest BCUT2D eigenvalue weighted by atomic mass is 10.1. The van der Waals surface area contributed by atoms with Crippen molar-refractivity contribution in [1.29, 1.82) is 0 Å². The fourth-order valence-electron chi connectivity index (χ4n) is 2.04. The van der Waals surface area contributed by atoms with Crippen molar-refractivity contribution in [2.75, 3.05) is 7.11 Å². The molecule has 0 radical (unpaired) electrons. The van der Waals surface area contributed by atoms with Gasteiger partial charge in [0.1, 0.15) is 5.75 Å². The summed E-state index contributed by atoms with van der Waals surface area (Å²) in [5, 5.41) is 4.90. The van der Waals surface area contributed by atoms with Crippen LogP contribution in [0.3, 0.4) is 0 Å². The highest BCUT2D eigenvalue weighted by Gasteiger charge is 2.08. The highest BCUT2D eigenvalue weighted by molar-refractivity contribution is 6.30. The quantitative estimate of drug-likeness (QED) is 0.852.